The van der Waals surface area contributed by atoms with E-state index in [1.807, 2.05) is 43.3 Å². The van der Waals surface area contributed by atoms with Crippen molar-refractivity contribution in [3.63, 3.8) is 0 Å². The summed E-state index contributed by atoms with van der Waals surface area (Å²) in [6, 6.07) is 19.5. The highest BCUT2D eigenvalue weighted by molar-refractivity contribution is 9.10. The van der Waals surface area contributed by atoms with Crippen LogP contribution in [0.5, 0.6) is 0 Å². The molecule has 3 aromatic carbocycles. The van der Waals surface area contributed by atoms with Gasteiger partial charge in [-0.15, -0.1) is 0 Å². The first-order chi connectivity index (χ1) is 11.1. The third-order valence-electron chi connectivity index (χ3n) is 3.63. The number of hydrogen-bond donors (Lipinski definition) is 1. The summed E-state index contributed by atoms with van der Waals surface area (Å²) in [6.45, 7) is 1.98. The molecule has 1 N–H and O–H groups in total. The van der Waals surface area contributed by atoms with Crippen LogP contribution in [0.2, 0.25) is 0 Å². The topological polar surface area (TPSA) is 41.5 Å². The molecular formula is C19H15BrN2O. The second-order valence-electron chi connectivity index (χ2n) is 5.23. The van der Waals surface area contributed by atoms with Gasteiger partial charge in [0.15, 0.2) is 0 Å². The molecular weight excluding hydrogens is 352 g/mol. The first-order valence-electron chi connectivity index (χ1n) is 7.22. The number of carbonyl (C=O) groups is 1. The lowest BCUT2D eigenvalue weighted by Crippen LogP contribution is -2.17. The number of amides is 1. The smallest absolute Gasteiger partial charge is 0.267 e. The van der Waals surface area contributed by atoms with Gasteiger partial charge in [0.25, 0.3) is 5.91 Å². The highest BCUT2D eigenvalue weighted by Crippen LogP contribution is 2.18. The summed E-state index contributed by atoms with van der Waals surface area (Å²) in [5.74, 6) is -0.234. The minimum atomic E-state index is -0.234. The molecule has 0 aliphatic carbocycles. The van der Waals surface area contributed by atoms with Gasteiger partial charge in [0.2, 0.25) is 0 Å². The number of carbonyl (C=O) groups excluding carboxylic acids is 1. The second kappa shape index (κ2) is 6.75. The summed E-state index contributed by atoms with van der Waals surface area (Å²) in [6.07, 6.45) is 1.67. The fraction of sp³-hybridized carbons (Fsp3) is 0.0526. The largest absolute Gasteiger partial charge is 0.271 e. The summed E-state index contributed by atoms with van der Waals surface area (Å²) < 4.78 is 0.906. The molecule has 3 aromatic rings. The van der Waals surface area contributed by atoms with Gasteiger partial charge >= 0.3 is 0 Å². The summed E-state index contributed by atoms with van der Waals surface area (Å²) in [4.78, 5) is 12.1. The fourth-order valence-electron chi connectivity index (χ4n) is 2.32. The highest BCUT2D eigenvalue weighted by atomic mass is 79.9. The molecule has 0 bridgehead atoms. The Labute approximate surface area is 143 Å². The van der Waals surface area contributed by atoms with Crippen LogP contribution in [0.4, 0.5) is 0 Å². The van der Waals surface area contributed by atoms with E-state index in [1.165, 1.54) is 0 Å². The number of rotatable bonds is 3. The number of hydrogen-bond acceptors (Lipinski definition) is 2. The zero-order valence-corrected chi connectivity index (χ0v) is 14.2. The summed E-state index contributed by atoms with van der Waals surface area (Å²) in [5, 5.41) is 6.33. The first kappa shape index (κ1) is 15.4. The number of nitrogens with one attached hydrogen (secondary N) is 1. The highest BCUT2D eigenvalue weighted by Gasteiger charge is 2.06. The summed E-state index contributed by atoms with van der Waals surface area (Å²) in [5.41, 5.74) is 5.19. The molecule has 0 atom stereocenters. The Morgan fingerprint density at radius 3 is 2.70 bits per heavy atom. The van der Waals surface area contributed by atoms with Gasteiger partial charge in [-0.05, 0) is 35.4 Å². The number of hydrazone groups is 1. The number of halogens is 1. The van der Waals surface area contributed by atoms with E-state index in [0.717, 1.165) is 26.4 Å². The normalized spacial score (nSPS) is 11.0. The van der Waals surface area contributed by atoms with Gasteiger partial charge in [0, 0.05) is 15.6 Å². The molecule has 0 aliphatic heterocycles. The molecule has 4 heteroatoms. The predicted octanol–water partition coefficient (Wildman–Crippen LogP) is 4.67. The summed E-state index contributed by atoms with van der Waals surface area (Å²) in [7, 11) is 0. The van der Waals surface area contributed by atoms with Crippen LogP contribution < -0.4 is 5.43 Å². The molecule has 0 fully saturated rings. The van der Waals surface area contributed by atoms with E-state index >= 15 is 0 Å². The van der Waals surface area contributed by atoms with E-state index in [0.29, 0.717) is 5.56 Å². The second-order valence-corrected chi connectivity index (χ2v) is 6.09. The Kier molecular flexibility index (Phi) is 4.53. The van der Waals surface area contributed by atoms with Gasteiger partial charge in [-0.25, -0.2) is 5.43 Å². The van der Waals surface area contributed by atoms with E-state index < -0.39 is 0 Å². The Morgan fingerprint density at radius 2 is 1.87 bits per heavy atom. The van der Waals surface area contributed by atoms with Gasteiger partial charge in [0.1, 0.15) is 0 Å². The van der Waals surface area contributed by atoms with E-state index in [4.69, 9.17) is 0 Å². The molecule has 1 amide bonds. The standard InChI is InChI=1S/C19H15BrN2O/c1-13-9-10-15(11-18(13)20)19(23)22-21-12-16-7-4-6-14-5-2-3-8-17(14)16/h2-12H,1H3,(H,22,23). The van der Waals surface area contributed by atoms with Crippen molar-refractivity contribution in [3.8, 4) is 0 Å². The quantitative estimate of drug-likeness (QED) is 0.530. The molecule has 114 valence electrons. The maximum atomic E-state index is 12.1. The van der Waals surface area contributed by atoms with Gasteiger partial charge in [-0.2, -0.15) is 5.10 Å². The lowest BCUT2D eigenvalue weighted by Gasteiger charge is -2.03. The first-order valence-corrected chi connectivity index (χ1v) is 8.02. The molecule has 0 saturated heterocycles. The fourth-order valence-corrected chi connectivity index (χ4v) is 2.70. The van der Waals surface area contributed by atoms with E-state index in [9.17, 15) is 4.79 Å². The van der Waals surface area contributed by atoms with Gasteiger partial charge in [-0.1, -0.05) is 64.5 Å². The van der Waals surface area contributed by atoms with Crippen LogP contribution in [0, 0.1) is 6.92 Å². The molecule has 0 aromatic heterocycles. The Hall–Kier alpha value is -2.46. The summed E-state index contributed by atoms with van der Waals surface area (Å²) >= 11 is 3.43. The maximum Gasteiger partial charge on any atom is 0.271 e. The van der Waals surface area contributed by atoms with E-state index in [-0.39, 0.29) is 5.91 Å². The van der Waals surface area contributed by atoms with Gasteiger partial charge < -0.3 is 0 Å². The van der Waals surface area contributed by atoms with Gasteiger partial charge in [0.05, 0.1) is 6.21 Å². The predicted molar refractivity (Wildman–Crippen MR) is 97.9 cm³/mol. The molecule has 0 spiro atoms. The molecule has 0 saturated carbocycles. The van der Waals surface area contributed by atoms with Crippen LogP contribution in [0.25, 0.3) is 10.8 Å². The Balaban J connectivity index is 1.77. The van der Waals surface area contributed by atoms with Crippen LogP contribution in [0.3, 0.4) is 0 Å². The molecule has 0 radical (unpaired) electrons. The van der Waals surface area contributed by atoms with E-state index in [1.54, 1.807) is 18.3 Å². The number of aryl methyl sites for hydroxylation is 1. The molecule has 0 aliphatic rings. The van der Waals surface area contributed by atoms with Crippen molar-refractivity contribution in [2.45, 2.75) is 6.92 Å². The van der Waals surface area contributed by atoms with Crippen LogP contribution in [0.15, 0.2) is 70.2 Å². The number of fused-ring (bicyclic) bond motifs is 1. The third-order valence-corrected chi connectivity index (χ3v) is 4.48. The molecule has 3 nitrogen and oxygen atoms in total. The number of benzene rings is 3. The minimum Gasteiger partial charge on any atom is -0.267 e. The van der Waals surface area contributed by atoms with E-state index in [2.05, 4.69) is 38.6 Å². The number of nitrogens with zero attached hydrogens (tertiary/aromatic N) is 1. The minimum absolute atomic E-state index is 0.234. The van der Waals surface area contributed by atoms with Gasteiger partial charge in [-0.3, -0.25) is 4.79 Å². The van der Waals surface area contributed by atoms with Crippen molar-refractivity contribution in [3.05, 3.63) is 81.8 Å². The lowest BCUT2D eigenvalue weighted by molar-refractivity contribution is 0.0955. The average Bonchev–Trinajstić information content (AvgIpc) is 2.57. The van der Waals surface area contributed by atoms with Crippen molar-refractivity contribution >= 4 is 38.8 Å². The van der Waals surface area contributed by atoms with Crippen molar-refractivity contribution in [2.24, 2.45) is 5.10 Å². The van der Waals surface area contributed by atoms with Crippen LogP contribution in [0.1, 0.15) is 21.5 Å². The molecule has 23 heavy (non-hydrogen) atoms. The monoisotopic (exact) mass is 366 g/mol. The Morgan fingerprint density at radius 1 is 1.09 bits per heavy atom. The average molecular weight is 367 g/mol. The zero-order chi connectivity index (χ0) is 16.2. The lowest BCUT2D eigenvalue weighted by atomic mass is 10.1. The van der Waals surface area contributed by atoms with Crippen molar-refractivity contribution in [1.82, 2.24) is 5.43 Å². The zero-order valence-electron chi connectivity index (χ0n) is 12.6. The maximum absolute atomic E-state index is 12.1. The molecule has 0 unspecified atom stereocenters. The van der Waals surface area contributed by atoms with Crippen molar-refractivity contribution in [2.75, 3.05) is 0 Å². The Bertz CT molecular complexity index is 898. The van der Waals surface area contributed by atoms with Crippen molar-refractivity contribution < 1.29 is 4.79 Å². The van der Waals surface area contributed by atoms with Crippen molar-refractivity contribution in [1.29, 1.82) is 0 Å². The molecule has 3 rings (SSSR count). The third kappa shape index (κ3) is 3.48. The van der Waals surface area contributed by atoms with Crippen LogP contribution >= 0.6 is 15.9 Å². The van der Waals surface area contributed by atoms with Crippen LogP contribution in [-0.4, -0.2) is 12.1 Å². The SMILES string of the molecule is Cc1ccc(C(=O)NN=Cc2cccc3ccccc23)cc1Br. The van der Waals surface area contributed by atoms with Crippen LogP contribution in [-0.2, 0) is 0 Å². The molecule has 0 heterocycles.